The van der Waals surface area contributed by atoms with E-state index in [1.807, 2.05) is 30.3 Å². The van der Waals surface area contributed by atoms with Crippen LogP contribution in [-0.2, 0) is 4.79 Å². The molecule has 2 N–H and O–H groups in total. The van der Waals surface area contributed by atoms with Crippen LogP contribution in [0.15, 0.2) is 30.3 Å². The standard InChI is InChI=1S/C12H17NO/c1-2-6-11(9-14)12(13)10-7-4-3-5-8-10/h3-5,7-9,11-12H,2,6,13H2,1H3. The van der Waals surface area contributed by atoms with Crippen molar-refractivity contribution < 1.29 is 4.79 Å². The lowest BCUT2D eigenvalue weighted by molar-refractivity contribution is -0.111. The molecule has 0 aromatic heterocycles. The molecule has 0 aliphatic carbocycles. The maximum atomic E-state index is 10.8. The number of nitrogens with two attached hydrogens (primary N) is 1. The Morgan fingerprint density at radius 3 is 2.50 bits per heavy atom. The Kier molecular flexibility index (Phi) is 4.33. The van der Waals surface area contributed by atoms with Gasteiger partial charge in [-0.25, -0.2) is 0 Å². The smallest absolute Gasteiger partial charge is 0.124 e. The first-order valence-corrected chi connectivity index (χ1v) is 5.05. The SMILES string of the molecule is CCCC(C=O)C(N)c1ccccc1. The molecule has 2 nitrogen and oxygen atoms in total. The molecular formula is C12H17NO. The molecule has 0 amide bonds. The number of carbonyl (C=O) groups is 1. The third-order valence-electron chi connectivity index (χ3n) is 2.44. The van der Waals surface area contributed by atoms with Crippen molar-refractivity contribution in [1.82, 2.24) is 0 Å². The van der Waals surface area contributed by atoms with Crippen LogP contribution in [0.25, 0.3) is 0 Å². The maximum absolute atomic E-state index is 10.8. The van der Waals surface area contributed by atoms with E-state index in [2.05, 4.69) is 6.92 Å². The van der Waals surface area contributed by atoms with Gasteiger partial charge in [0.2, 0.25) is 0 Å². The second-order valence-corrected chi connectivity index (χ2v) is 3.53. The zero-order valence-corrected chi connectivity index (χ0v) is 8.52. The van der Waals surface area contributed by atoms with E-state index in [1.165, 1.54) is 0 Å². The lowest BCUT2D eigenvalue weighted by atomic mass is 9.91. The summed E-state index contributed by atoms with van der Waals surface area (Å²) in [5.41, 5.74) is 7.04. The van der Waals surface area contributed by atoms with Gasteiger partial charge < -0.3 is 10.5 Å². The summed E-state index contributed by atoms with van der Waals surface area (Å²) in [5.74, 6) is -0.0533. The summed E-state index contributed by atoms with van der Waals surface area (Å²) >= 11 is 0. The Balaban J connectivity index is 2.72. The summed E-state index contributed by atoms with van der Waals surface area (Å²) < 4.78 is 0. The van der Waals surface area contributed by atoms with Crippen LogP contribution in [0.4, 0.5) is 0 Å². The van der Waals surface area contributed by atoms with Crippen molar-refractivity contribution in [3.63, 3.8) is 0 Å². The van der Waals surface area contributed by atoms with E-state index in [0.717, 1.165) is 24.7 Å². The van der Waals surface area contributed by atoms with Crippen LogP contribution in [-0.4, -0.2) is 6.29 Å². The van der Waals surface area contributed by atoms with E-state index >= 15 is 0 Å². The molecule has 0 bridgehead atoms. The molecule has 1 aromatic rings. The Morgan fingerprint density at radius 1 is 1.36 bits per heavy atom. The van der Waals surface area contributed by atoms with Gasteiger partial charge in [0.15, 0.2) is 0 Å². The minimum atomic E-state index is -0.159. The third kappa shape index (κ3) is 2.67. The normalized spacial score (nSPS) is 14.7. The van der Waals surface area contributed by atoms with Gasteiger partial charge in [-0.05, 0) is 12.0 Å². The van der Waals surface area contributed by atoms with Crippen molar-refractivity contribution >= 4 is 6.29 Å². The summed E-state index contributed by atoms with van der Waals surface area (Å²) in [6.45, 7) is 2.06. The van der Waals surface area contributed by atoms with E-state index in [4.69, 9.17) is 5.73 Å². The molecule has 0 fully saturated rings. The minimum absolute atomic E-state index is 0.0533. The van der Waals surface area contributed by atoms with Crippen LogP contribution in [0.1, 0.15) is 31.4 Å². The summed E-state index contributed by atoms with van der Waals surface area (Å²) in [7, 11) is 0. The second-order valence-electron chi connectivity index (χ2n) is 3.53. The van der Waals surface area contributed by atoms with Crippen LogP contribution in [0.5, 0.6) is 0 Å². The Labute approximate surface area is 85.1 Å². The number of rotatable bonds is 5. The Bertz CT molecular complexity index is 271. The van der Waals surface area contributed by atoms with Crippen LogP contribution in [0.3, 0.4) is 0 Å². The highest BCUT2D eigenvalue weighted by Gasteiger charge is 2.17. The quantitative estimate of drug-likeness (QED) is 0.726. The highest BCUT2D eigenvalue weighted by Crippen LogP contribution is 2.21. The zero-order valence-electron chi connectivity index (χ0n) is 8.52. The Hall–Kier alpha value is -1.15. The number of aldehydes is 1. The molecule has 76 valence electrons. The first kappa shape index (κ1) is 10.9. The van der Waals surface area contributed by atoms with Crippen LogP contribution < -0.4 is 5.73 Å². The van der Waals surface area contributed by atoms with Gasteiger partial charge >= 0.3 is 0 Å². The van der Waals surface area contributed by atoms with Crippen LogP contribution in [0.2, 0.25) is 0 Å². The van der Waals surface area contributed by atoms with Gasteiger partial charge in [0.1, 0.15) is 6.29 Å². The number of hydrogen-bond acceptors (Lipinski definition) is 2. The highest BCUT2D eigenvalue weighted by molar-refractivity contribution is 5.55. The lowest BCUT2D eigenvalue weighted by Gasteiger charge is -2.18. The number of benzene rings is 1. The number of hydrogen-bond donors (Lipinski definition) is 1. The fraction of sp³-hybridized carbons (Fsp3) is 0.417. The molecule has 0 saturated carbocycles. The van der Waals surface area contributed by atoms with Gasteiger partial charge in [-0.2, -0.15) is 0 Å². The molecular weight excluding hydrogens is 174 g/mol. The minimum Gasteiger partial charge on any atom is -0.323 e. The molecule has 0 heterocycles. The first-order valence-electron chi connectivity index (χ1n) is 5.05. The summed E-state index contributed by atoms with van der Waals surface area (Å²) in [6, 6.07) is 9.62. The van der Waals surface area contributed by atoms with E-state index in [0.29, 0.717) is 0 Å². The molecule has 0 aliphatic rings. The zero-order chi connectivity index (χ0) is 10.4. The van der Waals surface area contributed by atoms with Gasteiger partial charge in [0.25, 0.3) is 0 Å². The molecule has 14 heavy (non-hydrogen) atoms. The summed E-state index contributed by atoms with van der Waals surface area (Å²) in [6.07, 6.45) is 2.82. The van der Waals surface area contributed by atoms with Crippen molar-refractivity contribution in [3.8, 4) is 0 Å². The summed E-state index contributed by atoms with van der Waals surface area (Å²) in [4.78, 5) is 10.8. The number of carbonyl (C=O) groups excluding carboxylic acids is 1. The molecule has 2 unspecified atom stereocenters. The average molecular weight is 191 g/mol. The van der Waals surface area contributed by atoms with Crippen LogP contribution >= 0.6 is 0 Å². The molecule has 2 atom stereocenters. The van der Waals surface area contributed by atoms with E-state index < -0.39 is 0 Å². The van der Waals surface area contributed by atoms with Crippen molar-refractivity contribution in [1.29, 1.82) is 0 Å². The predicted molar refractivity (Wildman–Crippen MR) is 57.8 cm³/mol. The fourth-order valence-corrected chi connectivity index (χ4v) is 1.59. The van der Waals surface area contributed by atoms with Crippen molar-refractivity contribution in [2.24, 2.45) is 11.7 Å². The molecule has 0 spiro atoms. The lowest BCUT2D eigenvalue weighted by Crippen LogP contribution is -2.22. The molecule has 1 rings (SSSR count). The molecule has 0 radical (unpaired) electrons. The van der Waals surface area contributed by atoms with Crippen LogP contribution in [0, 0.1) is 5.92 Å². The van der Waals surface area contributed by atoms with Crippen molar-refractivity contribution in [2.75, 3.05) is 0 Å². The fourth-order valence-electron chi connectivity index (χ4n) is 1.59. The topological polar surface area (TPSA) is 43.1 Å². The average Bonchev–Trinajstić information content (AvgIpc) is 2.26. The molecule has 0 saturated heterocycles. The molecule has 2 heteroatoms. The van der Waals surface area contributed by atoms with Gasteiger partial charge in [-0.3, -0.25) is 0 Å². The summed E-state index contributed by atoms with van der Waals surface area (Å²) in [5, 5.41) is 0. The maximum Gasteiger partial charge on any atom is 0.124 e. The van der Waals surface area contributed by atoms with Crippen molar-refractivity contribution in [2.45, 2.75) is 25.8 Å². The van der Waals surface area contributed by atoms with E-state index in [-0.39, 0.29) is 12.0 Å². The van der Waals surface area contributed by atoms with Crippen molar-refractivity contribution in [3.05, 3.63) is 35.9 Å². The highest BCUT2D eigenvalue weighted by atomic mass is 16.1. The van der Waals surface area contributed by atoms with Gasteiger partial charge in [0, 0.05) is 12.0 Å². The largest absolute Gasteiger partial charge is 0.323 e. The van der Waals surface area contributed by atoms with Gasteiger partial charge in [-0.15, -0.1) is 0 Å². The van der Waals surface area contributed by atoms with E-state index in [1.54, 1.807) is 0 Å². The predicted octanol–water partition coefficient (Wildman–Crippen LogP) is 2.30. The van der Waals surface area contributed by atoms with E-state index in [9.17, 15) is 4.79 Å². The molecule has 1 aromatic carbocycles. The molecule has 0 aliphatic heterocycles. The monoisotopic (exact) mass is 191 g/mol. The third-order valence-corrected chi connectivity index (χ3v) is 2.44. The van der Waals surface area contributed by atoms with Gasteiger partial charge in [0.05, 0.1) is 0 Å². The Morgan fingerprint density at radius 2 is 2.00 bits per heavy atom. The first-order chi connectivity index (χ1) is 6.79. The second kappa shape index (κ2) is 5.55. The van der Waals surface area contributed by atoms with Gasteiger partial charge in [-0.1, -0.05) is 43.7 Å².